The standard InChI is InChI=1S/C48H80NO10P/c1-8-32-45-41(3)42(4)46(59-45)34-29-25-21-18-19-23-27-31-36-48(52)58-44(40-57-60(53,54)56-38-37-49(5,6)7)39-55-47(51)35-30-26-22-17-15-13-11-10-12-14-16-20-24-28-33-43(50)9-2/h11-14,17,20,22,24,28,33,43-44,50H,8-10,15-16,18-19,21,23,25-27,29-32,34-40H2,1-7H3/b13-11-,14-12-,22-17-,24-20-,33-28+/t43-,44+/m0/s1. The fourth-order valence-electron chi connectivity index (χ4n) is 5.98. The van der Waals surface area contributed by atoms with Crippen LogP contribution in [-0.2, 0) is 45.5 Å². The Kier molecular flexibility index (Phi) is 30.7. The molecule has 0 aliphatic rings. The molecule has 1 rings (SSSR count). The van der Waals surface area contributed by atoms with Crippen LogP contribution in [0.4, 0.5) is 0 Å². The Morgan fingerprint density at radius 1 is 0.733 bits per heavy atom. The number of phosphoric acid groups is 1. The lowest BCUT2D eigenvalue weighted by Gasteiger charge is -2.28. The number of carbonyl (C=O) groups excluding carboxylic acids is 2. The number of hydrogen-bond acceptors (Lipinski definition) is 10. The minimum Gasteiger partial charge on any atom is -0.756 e. The van der Waals surface area contributed by atoms with Crippen molar-refractivity contribution < 1.29 is 51.6 Å². The number of allylic oxidation sites excluding steroid dienone is 9. The van der Waals surface area contributed by atoms with E-state index in [1.165, 1.54) is 24.0 Å². The summed E-state index contributed by atoms with van der Waals surface area (Å²) in [5, 5.41) is 9.49. The second-order valence-corrected chi connectivity index (χ2v) is 17.9. The molecule has 0 fully saturated rings. The molecular weight excluding hydrogens is 781 g/mol. The van der Waals surface area contributed by atoms with Gasteiger partial charge in [0.1, 0.15) is 31.3 Å². The number of aryl methyl sites for hydroxylation is 2. The maximum Gasteiger partial charge on any atom is 0.306 e. The molecule has 0 radical (unpaired) electrons. The van der Waals surface area contributed by atoms with Gasteiger partial charge in [0.15, 0.2) is 6.10 Å². The van der Waals surface area contributed by atoms with Crippen LogP contribution in [0.15, 0.2) is 65.2 Å². The highest BCUT2D eigenvalue weighted by molar-refractivity contribution is 7.45. The zero-order valence-corrected chi connectivity index (χ0v) is 39.1. The lowest BCUT2D eigenvalue weighted by atomic mass is 10.0. The van der Waals surface area contributed by atoms with Crippen molar-refractivity contribution in [2.45, 2.75) is 162 Å². The number of unbranched alkanes of at least 4 members (excludes halogenated alkanes) is 8. The summed E-state index contributed by atoms with van der Waals surface area (Å²) in [5.74, 6) is 1.33. The molecule has 1 aromatic heterocycles. The van der Waals surface area contributed by atoms with Gasteiger partial charge in [-0.2, -0.15) is 0 Å². The van der Waals surface area contributed by atoms with E-state index in [-0.39, 0.29) is 32.2 Å². The zero-order valence-electron chi connectivity index (χ0n) is 38.2. The van der Waals surface area contributed by atoms with Crippen molar-refractivity contribution in [3.8, 4) is 0 Å². The van der Waals surface area contributed by atoms with Crippen LogP contribution in [0.3, 0.4) is 0 Å². The van der Waals surface area contributed by atoms with Gasteiger partial charge in [0, 0.05) is 25.7 Å². The van der Waals surface area contributed by atoms with Crippen LogP contribution >= 0.6 is 7.82 Å². The number of hydrogen-bond donors (Lipinski definition) is 1. The number of nitrogens with zero attached hydrogens (tertiary/aromatic N) is 1. The van der Waals surface area contributed by atoms with E-state index in [1.807, 2.05) is 52.4 Å². The molecule has 0 aliphatic heterocycles. The molecule has 1 heterocycles. The Balaban J connectivity index is 2.39. The van der Waals surface area contributed by atoms with Crippen LogP contribution in [0.25, 0.3) is 0 Å². The molecule has 342 valence electrons. The van der Waals surface area contributed by atoms with E-state index >= 15 is 0 Å². The molecule has 0 spiro atoms. The molecule has 0 saturated carbocycles. The van der Waals surface area contributed by atoms with E-state index in [0.717, 1.165) is 82.1 Å². The Morgan fingerprint density at radius 3 is 1.92 bits per heavy atom. The summed E-state index contributed by atoms with van der Waals surface area (Å²) in [7, 11) is 1.08. The second-order valence-electron chi connectivity index (χ2n) is 16.5. The molecule has 1 aromatic rings. The number of likely N-dealkylation sites (N-methyl/N-ethyl adjacent to an activating group) is 1. The van der Waals surface area contributed by atoms with Crippen LogP contribution in [-0.4, -0.2) is 81.2 Å². The van der Waals surface area contributed by atoms with Crippen LogP contribution in [0.2, 0.25) is 0 Å². The monoisotopic (exact) mass is 862 g/mol. The second kappa shape index (κ2) is 33.6. The first-order valence-corrected chi connectivity index (χ1v) is 23.9. The number of aliphatic hydroxyl groups excluding tert-OH is 1. The lowest BCUT2D eigenvalue weighted by molar-refractivity contribution is -0.870. The predicted molar refractivity (Wildman–Crippen MR) is 240 cm³/mol. The average molecular weight is 862 g/mol. The zero-order chi connectivity index (χ0) is 44.5. The number of esters is 2. The van der Waals surface area contributed by atoms with Gasteiger partial charge in [-0.15, -0.1) is 0 Å². The molecule has 1 unspecified atom stereocenters. The highest BCUT2D eigenvalue weighted by atomic mass is 31.2. The Labute approximate surface area is 363 Å². The van der Waals surface area contributed by atoms with E-state index in [2.05, 4.69) is 51.2 Å². The van der Waals surface area contributed by atoms with Gasteiger partial charge in [-0.1, -0.05) is 113 Å². The largest absolute Gasteiger partial charge is 0.756 e. The van der Waals surface area contributed by atoms with Crippen LogP contribution < -0.4 is 4.89 Å². The molecule has 0 bridgehead atoms. The smallest absolute Gasteiger partial charge is 0.306 e. The van der Waals surface area contributed by atoms with Gasteiger partial charge < -0.3 is 37.4 Å². The molecule has 11 nitrogen and oxygen atoms in total. The first-order valence-electron chi connectivity index (χ1n) is 22.5. The van der Waals surface area contributed by atoms with Crippen molar-refractivity contribution in [2.75, 3.05) is 47.5 Å². The summed E-state index contributed by atoms with van der Waals surface area (Å²) >= 11 is 0. The van der Waals surface area contributed by atoms with Gasteiger partial charge in [-0.05, 0) is 82.8 Å². The van der Waals surface area contributed by atoms with E-state index < -0.39 is 32.5 Å². The highest BCUT2D eigenvalue weighted by Gasteiger charge is 2.22. The van der Waals surface area contributed by atoms with Crippen molar-refractivity contribution in [1.82, 2.24) is 0 Å². The fourth-order valence-corrected chi connectivity index (χ4v) is 6.71. The average Bonchev–Trinajstić information content (AvgIpc) is 3.46. The number of furan rings is 1. The fraction of sp³-hybridized carbons (Fsp3) is 0.667. The molecule has 0 amide bonds. The molecule has 0 saturated heterocycles. The number of rotatable bonds is 36. The Bertz CT molecular complexity index is 1500. The Hall–Kier alpha value is -3.05. The summed E-state index contributed by atoms with van der Waals surface area (Å²) in [4.78, 5) is 37.6. The topological polar surface area (TPSA) is 145 Å². The van der Waals surface area contributed by atoms with E-state index in [4.69, 9.17) is 22.9 Å². The maximum atomic E-state index is 12.7. The maximum absolute atomic E-state index is 12.7. The molecule has 0 aromatic carbocycles. The van der Waals surface area contributed by atoms with Crippen LogP contribution in [0.5, 0.6) is 0 Å². The molecule has 0 aliphatic carbocycles. The molecule has 3 atom stereocenters. The molecule has 1 N–H and O–H groups in total. The molecule has 60 heavy (non-hydrogen) atoms. The van der Waals surface area contributed by atoms with E-state index in [9.17, 15) is 24.2 Å². The first-order chi connectivity index (χ1) is 28.7. The summed E-state index contributed by atoms with van der Waals surface area (Å²) in [6.07, 6.45) is 34.8. The molecule has 12 heteroatoms. The normalized spacial score (nSPS) is 14.6. The summed E-state index contributed by atoms with van der Waals surface area (Å²) in [6.45, 7) is 8.01. The van der Waals surface area contributed by atoms with Crippen molar-refractivity contribution >= 4 is 19.8 Å². The van der Waals surface area contributed by atoms with Gasteiger partial charge in [-0.25, -0.2) is 0 Å². The van der Waals surface area contributed by atoms with Gasteiger partial charge in [0.05, 0.1) is 33.9 Å². The number of ether oxygens (including phenoxy) is 2. The molecular formula is C48H80NO10P. The predicted octanol–water partition coefficient (Wildman–Crippen LogP) is 10.5. The van der Waals surface area contributed by atoms with Crippen LogP contribution in [0, 0.1) is 13.8 Å². The summed E-state index contributed by atoms with van der Waals surface area (Å²) in [5.41, 5.74) is 2.61. The quantitative estimate of drug-likeness (QED) is 0.0173. The van der Waals surface area contributed by atoms with Gasteiger partial charge in [-0.3, -0.25) is 14.2 Å². The summed E-state index contributed by atoms with van der Waals surface area (Å²) < 4.78 is 40.0. The van der Waals surface area contributed by atoms with Crippen molar-refractivity contribution in [3.63, 3.8) is 0 Å². The lowest BCUT2D eigenvalue weighted by Crippen LogP contribution is -2.37. The van der Waals surface area contributed by atoms with E-state index in [1.54, 1.807) is 6.08 Å². The van der Waals surface area contributed by atoms with Crippen molar-refractivity contribution in [1.29, 1.82) is 0 Å². The van der Waals surface area contributed by atoms with Crippen molar-refractivity contribution in [3.05, 3.63) is 83.4 Å². The first kappa shape index (κ1) is 55.0. The van der Waals surface area contributed by atoms with Crippen molar-refractivity contribution in [2.24, 2.45) is 0 Å². The van der Waals surface area contributed by atoms with Gasteiger partial charge in [0.25, 0.3) is 7.82 Å². The Morgan fingerprint density at radius 2 is 1.30 bits per heavy atom. The number of phosphoric ester groups is 1. The van der Waals surface area contributed by atoms with Gasteiger partial charge >= 0.3 is 11.9 Å². The van der Waals surface area contributed by atoms with E-state index in [0.29, 0.717) is 36.7 Å². The third-order valence-electron chi connectivity index (χ3n) is 9.88. The summed E-state index contributed by atoms with van der Waals surface area (Å²) in [6, 6.07) is 0. The number of aliphatic hydroxyl groups is 1. The third-order valence-corrected chi connectivity index (χ3v) is 10.8. The minimum atomic E-state index is -4.66. The number of quaternary nitrogens is 1. The SMILES string of the molecule is CCCc1oc(CCCCCCCCCCC(=O)O[C@H](COC(=O)CCC/C=C\C/C=C\C/C=C\C/C=C\C=C\[C@@H](O)CC)COP(=O)([O-])OCC[N+](C)(C)C)c(C)c1C. The van der Waals surface area contributed by atoms with Gasteiger partial charge in [0.2, 0.25) is 0 Å². The third kappa shape index (κ3) is 30.1. The highest BCUT2D eigenvalue weighted by Crippen LogP contribution is 2.38. The van der Waals surface area contributed by atoms with Crippen LogP contribution in [0.1, 0.15) is 146 Å². The minimum absolute atomic E-state index is 0.0558. The number of carbonyl (C=O) groups is 2.